The molecule has 4 atom stereocenters. The van der Waals surface area contributed by atoms with E-state index < -0.39 is 0 Å². The molecular formula is C15H27BrO. The number of hydrogen-bond acceptors (Lipinski definition) is 1. The molecule has 1 heterocycles. The molecule has 2 rings (SSSR count). The normalized spacial score (nSPS) is 38.5. The van der Waals surface area contributed by atoms with Gasteiger partial charge < -0.3 is 4.74 Å². The molecule has 0 spiro atoms. The summed E-state index contributed by atoms with van der Waals surface area (Å²) in [6.45, 7) is 3.36. The highest BCUT2D eigenvalue weighted by Crippen LogP contribution is 2.38. The van der Waals surface area contributed by atoms with Crippen LogP contribution in [0.4, 0.5) is 0 Å². The van der Waals surface area contributed by atoms with Crippen LogP contribution in [0.15, 0.2) is 0 Å². The fraction of sp³-hybridized carbons (Fsp3) is 1.00. The molecule has 0 bridgehead atoms. The predicted octanol–water partition coefficient (Wildman–Crippen LogP) is 4.93. The molecule has 17 heavy (non-hydrogen) atoms. The molecule has 1 saturated heterocycles. The molecule has 1 aliphatic heterocycles. The van der Waals surface area contributed by atoms with E-state index in [0.717, 1.165) is 23.3 Å². The van der Waals surface area contributed by atoms with Gasteiger partial charge in [-0.2, -0.15) is 0 Å². The Bertz CT molecular complexity index is 213. The highest BCUT2D eigenvalue weighted by atomic mass is 79.9. The molecular weight excluding hydrogens is 276 g/mol. The molecule has 1 saturated carbocycles. The number of alkyl halides is 1. The highest BCUT2D eigenvalue weighted by molar-refractivity contribution is 9.09. The number of ether oxygens (including phenoxy) is 1. The van der Waals surface area contributed by atoms with Crippen molar-refractivity contribution in [2.75, 3.05) is 6.61 Å². The van der Waals surface area contributed by atoms with Gasteiger partial charge in [0.2, 0.25) is 0 Å². The minimum absolute atomic E-state index is 0.592. The lowest BCUT2D eigenvalue weighted by Gasteiger charge is -2.33. The summed E-state index contributed by atoms with van der Waals surface area (Å²) in [5.74, 6) is 1.92. The second-order valence-electron chi connectivity index (χ2n) is 5.93. The first-order chi connectivity index (χ1) is 8.29. The van der Waals surface area contributed by atoms with Gasteiger partial charge in [0, 0.05) is 11.4 Å². The monoisotopic (exact) mass is 302 g/mol. The SMILES string of the molecule is CCC1CCC(Br)C(CCCC2CCCO2)C1. The summed E-state index contributed by atoms with van der Waals surface area (Å²) in [6, 6.07) is 0. The van der Waals surface area contributed by atoms with Crippen molar-refractivity contribution in [3.63, 3.8) is 0 Å². The molecule has 2 aliphatic rings. The fourth-order valence-electron chi connectivity index (χ4n) is 3.47. The van der Waals surface area contributed by atoms with Crippen molar-refractivity contribution in [2.24, 2.45) is 11.8 Å². The molecule has 0 N–H and O–H groups in total. The van der Waals surface area contributed by atoms with Gasteiger partial charge in [-0.05, 0) is 56.8 Å². The Balaban J connectivity index is 1.65. The van der Waals surface area contributed by atoms with E-state index in [-0.39, 0.29) is 0 Å². The molecule has 0 aromatic rings. The molecule has 0 aromatic heterocycles. The number of hydrogen-bond donors (Lipinski definition) is 0. The fourth-order valence-corrected chi connectivity index (χ4v) is 4.22. The maximum absolute atomic E-state index is 5.70. The van der Waals surface area contributed by atoms with Crippen molar-refractivity contribution in [1.29, 1.82) is 0 Å². The van der Waals surface area contributed by atoms with E-state index in [4.69, 9.17) is 4.74 Å². The summed E-state index contributed by atoms with van der Waals surface area (Å²) in [6.07, 6.45) is 12.9. The van der Waals surface area contributed by atoms with Gasteiger partial charge in [-0.25, -0.2) is 0 Å². The molecule has 1 aliphatic carbocycles. The van der Waals surface area contributed by atoms with E-state index in [9.17, 15) is 0 Å². The van der Waals surface area contributed by atoms with Gasteiger partial charge in [-0.3, -0.25) is 0 Å². The topological polar surface area (TPSA) is 9.23 Å². The van der Waals surface area contributed by atoms with Crippen molar-refractivity contribution in [3.05, 3.63) is 0 Å². The van der Waals surface area contributed by atoms with Gasteiger partial charge in [0.25, 0.3) is 0 Å². The zero-order chi connectivity index (χ0) is 12.1. The van der Waals surface area contributed by atoms with Crippen molar-refractivity contribution >= 4 is 15.9 Å². The van der Waals surface area contributed by atoms with Crippen molar-refractivity contribution < 1.29 is 4.74 Å². The second-order valence-corrected chi connectivity index (χ2v) is 7.11. The molecule has 2 fully saturated rings. The number of halogens is 1. The van der Waals surface area contributed by atoms with Crippen LogP contribution in [0.1, 0.15) is 64.7 Å². The summed E-state index contributed by atoms with van der Waals surface area (Å²) in [7, 11) is 0. The van der Waals surface area contributed by atoms with E-state index >= 15 is 0 Å². The van der Waals surface area contributed by atoms with E-state index in [1.54, 1.807) is 0 Å². The summed E-state index contributed by atoms with van der Waals surface area (Å²) in [5.41, 5.74) is 0. The van der Waals surface area contributed by atoms with Gasteiger partial charge in [0.15, 0.2) is 0 Å². The smallest absolute Gasteiger partial charge is 0.0576 e. The van der Waals surface area contributed by atoms with Crippen molar-refractivity contribution in [2.45, 2.75) is 75.6 Å². The van der Waals surface area contributed by atoms with Crippen LogP contribution < -0.4 is 0 Å². The third kappa shape index (κ3) is 4.24. The lowest BCUT2D eigenvalue weighted by Crippen LogP contribution is -2.25. The van der Waals surface area contributed by atoms with Crippen LogP contribution >= 0.6 is 15.9 Å². The number of rotatable bonds is 5. The van der Waals surface area contributed by atoms with Gasteiger partial charge >= 0.3 is 0 Å². The predicted molar refractivity (Wildman–Crippen MR) is 76.7 cm³/mol. The average molecular weight is 303 g/mol. The van der Waals surface area contributed by atoms with Gasteiger partial charge in [-0.1, -0.05) is 35.7 Å². The van der Waals surface area contributed by atoms with Crippen LogP contribution in [0.25, 0.3) is 0 Å². The van der Waals surface area contributed by atoms with Crippen LogP contribution in [-0.2, 0) is 4.74 Å². The van der Waals surface area contributed by atoms with Crippen LogP contribution in [0.3, 0.4) is 0 Å². The Kier molecular flexibility index (Phi) is 5.82. The highest BCUT2D eigenvalue weighted by Gasteiger charge is 2.27. The summed E-state index contributed by atoms with van der Waals surface area (Å²) < 4.78 is 5.70. The molecule has 2 heteroatoms. The molecule has 0 radical (unpaired) electrons. The first-order valence-corrected chi connectivity index (χ1v) is 8.46. The van der Waals surface area contributed by atoms with Crippen LogP contribution in [0.5, 0.6) is 0 Å². The zero-order valence-electron chi connectivity index (χ0n) is 11.2. The Labute approximate surface area is 115 Å². The second kappa shape index (κ2) is 7.13. The molecule has 4 unspecified atom stereocenters. The van der Waals surface area contributed by atoms with Crippen LogP contribution in [0.2, 0.25) is 0 Å². The van der Waals surface area contributed by atoms with E-state index in [1.165, 1.54) is 57.8 Å². The van der Waals surface area contributed by atoms with E-state index in [1.807, 2.05) is 0 Å². The summed E-state index contributed by atoms with van der Waals surface area (Å²) in [4.78, 5) is 0.787. The van der Waals surface area contributed by atoms with E-state index in [0.29, 0.717) is 6.10 Å². The van der Waals surface area contributed by atoms with Crippen LogP contribution in [0, 0.1) is 11.8 Å². The standard InChI is InChI=1S/C15H27BrO/c1-2-12-8-9-15(16)13(11-12)5-3-6-14-7-4-10-17-14/h12-15H,2-11H2,1H3. The maximum Gasteiger partial charge on any atom is 0.0576 e. The van der Waals surface area contributed by atoms with Crippen molar-refractivity contribution in [3.8, 4) is 0 Å². The Hall–Kier alpha value is 0.440. The minimum atomic E-state index is 0.592. The lowest BCUT2D eigenvalue weighted by atomic mass is 9.78. The largest absolute Gasteiger partial charge is 0.378 e. The Morgan fingerprint density at radius 3 is 2.76 bits per heavy atom. The lowest BCUT2D eigenvalue weighted by molar-refractivity contribution is 0.0995. The summed E-state index contributed by atoms with van der Waals surface area (Å²) >= 11 is 3.89. The van der Waals surface area contributed by atoms with Gasteiger partial charge in [0.05, 0.1) is 6.10 Å². The quantitative estimate of drug-likeness (QED) is 0.655. The Morgan fingerprint density at radius 2 is 2.06 bits per heavy atom. The first kappa shape index (κ1) is 13.9. The summed E-state index contributed by atoms with van der Waals surface area (Å²) in [5, 5.41) is 0. The molecule has 0 aromatic carbocycles. The van der Waals surface area contributed by atoms with Crippen LogP contribution in [-0.4, -0.2) is 17.5 Å². The van der Waals surface area contributed by atoms with E-state index in [2.05, 4.69) is 22.9 Å². The third-order valence-electron chi connectivity index (χ3n) is 4.70. The van der Waals surface area contributed by atoms with Gasteiger partial charge in [-0.15, -0.1) is 0 Å². The third-order valence-corrected chi connectivity index (χ3v) is 5.91. The van der Waals surface area contributed by atoms with Crippen molar-refractivity contribution in [1.82, 2.24) is 0 Å². The van der Waals surface area contributed by atoms with Gasteiger partial charge in [0.1, 0.15) is 0 Å². The molecule has 0 amide bonds. The maximum atomic E-state index is 5.70. The Morgan fingerprint density at radius 1 is 1.18 bits per heavy atom. The zero-order valence-corrected chi connectivity index (χ0v) is 12.8. The minimum Gasteiger partial charge on any atom is -0.378 e. The first-order valence-electron chi connectivity index (χ1n) is 7.55. The molecule has 1 nitrogen and oxygen atoms in total. The molecule has 100 valence electrons. The average Bonchev–Trinajstić information content (AvgIpc) is 2.84.